The fourth-order valence-electron chi connectivity index (χ4n) is 5.36. The molecule has 2 aliphatic rings. The number of carbonyl (C=O) groups excluding carboxylic acids is 1. The summed E-state index contributed by atoms with van der Waals surface area (Å²) in [4.78, 5) is 34.9. The minimum Gasteiger partial charge on any atom is -0.490 e. The molecule has 2 heterocycles. The molecule has 2 fully saturated rings. The summed E-state index contributed by atoms with van der Waals surface area (Å²) in [6.07, 6.45) is -0.312. The lowest BCUT2D eigenvalue weighted by atomic mass is 9.91. The first-order chi connectivity index (χ1) is 19.6. The quantitative estimate of drug-likeness (QED) is 0.309. The van der Waals surface area contributed by atoms with Crippen molar-refractivity contribution in [2.24, 2.45) is 0 Å². The minimum atomic E-state index is -4.82. The Balaban J connectivity index is 1.31. The number of rotatable bonds is 6. The van der Waals surface area contributed by atoms with Crippen molar-refractivity contribution in [1.82, 2.24) is 14.8 Å². The zero-order chi connectivity index (χ0) is 30.8. The van der Waals surface area contributed by atoms with E-state index in [1.165, 1.54) is 6.07 Å². The second-order valence-electron chi connectivity index (χ2n) is 12.0. The van der Waals surface area contributed by atoms with Gasteiger partial charge in [-0.3, -0.25) is 10.1 Å². The van der Waals surface area contributed by atoms with Crippen LogP contribution in [0.1, 0.15) is 52.0 Å². The van der Waals surface area contributed by atoms with E-state index in [9.17, 15) is 28.1 Å². The molecule has 1 aromatic carbocycles. The van der Waals surface area contributed by atoms with Crippen LogP contribution in [0.5, 0.6) is 5.75 Å². The van der Waals surface area contributed by atoms with Crippen molar-refractivity contribution in [1.29, 1.82) is 0 Å². The Morgan fingerprint density at radius 1 is 1.02 bits per heavy atom. The van der Waals surface area contributed by atoms with Crippen LogP contribution in [0.25, 0.3) is 0 Å². The first-order valence-corrected chi connectivity index (χ1v) is 14.1. The van der Waals surface area contributed by atoms with Gasteiger partial charge in [0.1, 0.15) is 17.1 Å². The number of anilines is 2. The second kappa shape index (κ2) is 12.2. The van der Waals surface area contributed by atoms with E-state index >= 15 is 0 Å². The molecule has 1 aromatic heterocycles. The van der Waals surface area contributed by atoms with E-state index in [1.54, 1.807) is 23.0 Å². The van der Waals surface area contributed by atoms with Gasteiger partial charge >= 0.3 is 12.2 Å². The van der Waals surface area contributed by atoms with Crippen molar-refractivity contribution in [3.05, 3.63) is 52.2 Å². The van der Waals surface area contributed by atoms with Crippen molar-refractivity contribution < 1.29 is 27.6 Å². The number of aromatic nitrogens is 1. The van der Waals surface area contributed by atoms with Crippen molar-refractivity contribution >= 4 is 23.2 Å². The maximum absolute atomic E-state index is 13.5. The number of alkyl halides is 3. The number of nitro groups is 1. The highest BCUT2D eigenvalue weighted by molar-refractivity contribution is 5.75. The van der Waals surface area contributed by atoms with Crippen LogP contribution < -0.4 is 14.5 Å². The van der Waals surface area contributed by atoms with E-state index in [-0.39, 0.29) is 23.7 Å². The summed E-state index contributed by atoms with van der Waals surface area (Å²) >= 11 is 0. The molecule has 4 rings (SSSR count). The molecule has 230 valence electrons. The van der Waals surface area contributed by atoms with Crippen LogP contribution in [-0.2, 0) is 6.18 Å². The molecule has 13 heteroatoms. The summed E-state index contributed by atoms with van der Waals surface area (Å²) in [6, 6.07) is 6.87. The molecule has 2 aromatic rings. The summed E-state index contributed by atoms with van der Waals surface area (Å²) in [5, 5.41) is 11.1. The Hall–Kier alpha value is -3.77. The Labute approximate surface area is 244 Å². The van der Waals surface area contributed by atoms with Crippen LogP contribution in [0.2, 0.25) is 0 Å². The molecule has 1 saturated carbocycles. The number of amides is 2. The maximum Gasteiger partial charge on any atom is 0.423 e. The van der Waals surface area contributed by atoms with Crippen molar-refractivity contribution in [3.63, 3.8) is 0 Å². The van der Waals surface area contributed by atoms with Crippen LogP contribution in [0.4, 0.5) is 35.2 Å². The van der Waals surface area contributed by atoms with E-state index in [0.29, 0.717) is 63.3 Å². The van der Waals surface area contributed by atoms with E-state index in [1.807, 2.05) is 44.9 Å². The Morgan fingerprint density at radius 2 is 1.67 bits per heavy atom. The molecular weight excluding hydrogens is 553 g/mol. The number of carbonyl (C=O) groups is 1. The van der Waals surface area contributed by atoms with Gasteiger partial charge in [0.15, 0.2) is 0 Å². The van der Waals surface area contributed by atoms with E-state index in [4.69, 9.17) is 4.74 Å². The third-order valence-electron chi connectivity index (χ3n) is 8.27. The largest absolute Gasteiger partial charge is 0.490 e. The molecule has 0 unspecified atom stereocenters. The minimum absolute atomic E-state index is 0.0165. The number of piperazine rings is 1. The summed E-state index contributed by atoms with van der Waals surface area (Å²) < 4.78 is 46.6. The lowest BCUT2D eigenvalue weighted by Crippen LogP contribution is -2.55. The van der Waals surface area contributed by atoms with Gasteiger partial charge in [-0.15, -0.1) is 0 Å². The average Bonchev–Trinajstić information content (AvgIpc) is 2.95. The number of benzene rings is 1. The number of ether oxygens (including phenoxy) is 1. The SMILES string of the molecule is CN(c1ccc([N+](=O)[O-])c(C(F)(F)F)c1)C1CCC(Oc2ccnc(N3CCN(C(=O)N(C)C(C)(C)C)CC3)c2)CC1. The number of halogens is 3. The lowest BCUT2D eigenvalue weighted by molar-refractivity contribution is -0.388. The van der Waals surface area contributed by atoms with Gasteiger partial charge in [-0.2, -0.15) is 13.2 Å². The smallest absolute Gasteiger partial charge is 0.423 e. The van der Waals surface area contributed by atoms with Crippen LogP contribution in [0.3, 0.4) is 0 Å². The molecule has 0 radical (unpaired) electrons. The molecule has 2 amide bonds. The van der Waals surface area contributed by atoms with E-state index in [2.05, 4.69) is 9.88 Å². The summed E-state index contributed by atoms with van der Waals surface area (Å²) in [6.45, 7) is 8.55. The molecule has 0 N–H and O–H groups in total. The van der Waals surface area contributed by atoms with Crippen molar-refractivity contribution in [3.8, 4) is 5.75 Å². The molecule has 42 heavy (non-hydrogen) atoms. The topological polar surface area (TPSA) is 95.3 Å². The zero-order valence-electron chi connectivity index (χ0n) is 24.7. The van der Waals surface area contributed by atoms with Gasteiger partial charge in [-0.25, -0.2) is 9.78 Å². The summed E-state index contributed by atoms with van der Waals surface area (Å²) in [5.41, 5.74) is -2.15. The molecule has 1 saturated heterocycles. The van der Waals surface area contributed by atoms with Gasteiger partial charge in [0.05, 0.1) is 11.0 Å². The highest BCUT2D eigenvalue weighted by Gasteiger charge is 2.39. The van der Waals surface area contributed by atoms with Crippen LogP contribution in [0.15, 0.2) is 36.5 Å². The number of hydrogen-bond donors (Lipinski definition) is 0. The summed E-state index contributed by atoms with van der Waals surface area (Å²) in [7, 11) is 3.54. The van der Waals surface area contributed by atoms with Crippen LogP contribution in [0, 0.1) is 10.1 Å². The van der Waals surface area contributed by atoms with Gasteiger partial charge in [0.2, 0.25) is 0 Å². The molecule has 1 aliphatic carbocycles. The third-order valence-corrected chi connectivity index (χ3v) is 8.27. The van der Waals surface area contributed by atoms with Crippen molar-refractivity contribution in [2.75, 3.05) is 50.1 Å². The average molecular weight is 593 g/mol. The molecule has 0 spiro atoms. The fraction of sp³-hybridized carbons (Fsp3) is 0.586. The first-order valence-electron chi connectivity index (χ1n) is 14.1. The summed E-state index contributed by atoms with van der Waals surface area (Å²) in [5.74, 6) is 1.49. The number of urea groups is 1. The van der Waals surface area contributed by atoms with E-state index in [0.717, 1.165) is 18.0 Å². The second-order valence-corrected chi connectivity index (χ2v) is 12.0. The monoisotopic (exact) mass is 592 g/mol. The van der Waals surface area contributed by atoms with Gasteiger partial charge in [-0.05, 0) is 64.7 Å². The molecular formula is C29H39F3N6O4. The van der Waals surface area contributed by atoms with Crippen LogP contribution >= 0.6 is 0 Å². The third kappa shape index (κ3) is 7.16. The predicted octanol–water partition coefficient (Wildman–Crippen LogP) is 5.81. The Bertz CT molecular complexity index is 1270. The molecule has 10 nitrogen and oxygen atoms in total. The fourth-order valence-corrected chi connectivity index (χ4v) is 5.36. The zero-order valence-corrected chi connectivity index (χ0v) is 24.7. The van der Waals surface area contributed by atoms with Crippen LogP contribution in [-0.4, -0.2) is 83.7 Å². The maximum atomic E-state index is 13.5. The lowest BCUT2D eigenvalue weighted by Gasteiger charge is -2.40. The number of hydrogen-bond acceptors (Lipinski definition) is 7. The molecule has 0 bridgehead atoms. The van der Waals surface area contributed by atoms with E-state index < -0.39 is 22.4 Å². The van der Waals surface area contributed by atoms with Crippen molar-refractivity contribution in [2.45, 2.75) is 70.3 Å². The first kappa shape index (κ1) is 31.2. The highest BCUT2D eigenvalue weighted by atomic mass is 19.4. The van der Waals surface area contributed by atoms with Gasteiger partial charge < -0.3 is 24.3 Å². The number of nitrogens with zero attached hydrogens (tertiary/aromatic N) is 6. The Kier molecular flexibility index (Phi) is 9.07. The predicted molar refractivity (Wildman–Crippen MR) is 154 cm³/mol. The standard InChI is InChI=1S/C29H39F3N6O4/c1-28(2,3)35(5)27(39)37-16-14-36(15-17-37)26-19-23(12-13-33-26)42-22-9-6-20(7-10-22)34(4)21-8-11-25(38(40)41)24(18-21)29(30,31)32/h8,11-13,18-20,22H,6-7,9-10,14-17H2,1-5H3. The molecule has 0 atom stereocenters. The highest BCUT2D eigenvalue weighted by Crippen LogP contribution is 2.39. The van der Waals surface area contributed by atoms with Gasteiger partial charge in [0, 0.05) is 75.9 Å². The number of nitro benzene ring substituents is 1. The number of pyridine rings is 1. The van der Waals surface area contributed by atoms with Gasteiger partial charge in [-0.1, -0.05) is 0 Å². The molecule has 1 aliphatic heterocycles. The van der Waals surface area contributed by atoms with Gasteiger partial charge in [0.25, 0.3) is 5.69 Å². The normalized spacial score (nSPS) is 19.8. The Morgan fingerprint density at radius 3 is 2.24 bits per heavy atom.